The average Bonchev–Trinajstić information content (AvgIpc) is 3.33. The number of amides is 1. The maximum Gasteiger partial charge on any atom is 0.227 e. The van der Waals surface area contributed by atoms with Gasteiger partial charge in [0.05, 0.1) is 12.2 Å². The lowest BCUT2D eigenvalue weighted by Gasteiger charge is -2.50. The number of hydrogen-bond donors (Lipinski definition) is 1. The fraction of sp³-hybridized carbons (Fsp3) is 0.571. The van der Waals surface area contributed by atoms with Crippen molar-refractivity contribution in [2.24, 2.45) is 5.92 Å². The highest BCUT2D eigenvalue weighted by molar-refractivity contribution is 7.93. The number of aromatic nitrogens is 1. The maximum absolute atomic E-state index is 12.8. The van der Waals surface area contributed by atoms with Gasteiger partial charge in [-0.05, 0) is 49.9 Å². The van der Waals surface area contributed by atoms with Gasteiger partial charge in [-0.25, -0.2) is 8.42 Å². The molecule has 4 heterocycles. The number of H-pyrrole nitrogens is 1. The summed E-state index contributed by atoms with van der Waals surface area (Å²) in [7, 11) is -3.13. The number of nitrogens with one attached hydrogen (secondary N) is 1. The van der Waals surface area contributed by atoms with E-state index in [1.54, 1.807) is 4.90 Å². The highest BCUT2D eigenvalue weighted by Crippen LogP contribution is 2.45. The smallest absolute Gasteiger partial charge is 0.227 e. The summed E-state index contributed by atoms with van der Waals surface area (Å²) >= 11 is 0. The van der Waals surface area contributed by atoms with Crippen molar-refractivity contribution in [3.05, 3.63) is 36.0 Å². The third-order valence-electron chi connectivity index (χ3n) is 7.06. The van der Waals surface area contributed by atoms with Crippen molar-refractivity contribution in [3.63, 3.8) is 0 Å². The largest absolute Gasteiger partial charge is 0.361 e. The molecule has 0 saturated carbocycles. The quantitative estimate of drug-likeness (QED) is 0.848. The summed E-state index contributed by atoms with van der Waals surface area (Å²) < 4.78 is 25.0. The van der Waals surface area contributed by atoms with Crippen LogP contribution in [0.2, 0.25) is 0 Å². The minimum atomic E-state index is -3.13. The molecule has 1 amide bonds. The summed E-state index contributed by atoms with van der Waals surface area (Å²) in [5, 5.41) is 1.06. The molecule has 150 valence electrons. The normalized spacial score (nSPS) is 26.1. The van der Waals surface area contributed by atoms with E-state index in [2.05, 4.69) is 9.88 Å². The SMILES string of the molecule is O=C(Cc1c[nH]c2ccccc12)N1CC2(C1)C(CN1CCCC1)CCS2(=O)=O. The van der Waals surface area contributed by atoms with E-state index in [1.807, 2.05) is 30.5 Å². The molecule has 0 radical (unpaired) electrons. The lowest BCUT2D eigenvalue weighted by Crippen LogP contribution is -2.69. The third kappa shape index (κ3) is 2.78. The van der Waals surface area contributed by atoms with Crippen LogP contribution in [-0.2, 0) is 21.1 Å². The molecule has 3 saturated heterocycles. The fourth-order valence-electron chi connectivity index (χ4n) is 5.34. The standard InChI is InChI=1S/C21H27N3O3S/c25-20(11-16-12-22-19-6-2-1-5-18(16)19)24-14-21(15-24)17(7-10-28(21,26)27)13-23-8-3-4-9-23/h1-2,5-6,12,17,22H,3-4,7-11,13-15H2. The van der Waals surface area contributed by atoms with E-state index in [0.717, 1.165) is 42.5 Å². The van der Waals surface area contributed by atoms with Crippen molar-refractivity contribution in [1.82, 2.24) is 14.8 Å². The minimum Gasteiger partial charge on any atom is -0.361 e. The number of hydrogen-bond acceptors (Lipinski definition) is 4. The zero-order valence-corrected chi connectivity index (χ0v) is 16.9. The summed E-state index contributed by atoms with van der Waals surface area (Å²) in [6.45, 7) is 3.76. The van der Waals surface area contributed by atoms with Gasteiger partial charge in [-0.1, -0.05) is 18.2 Å². The summed E-state index contributed by atoms with van der Waals surface area (Å²) in [5.41, 5.74) is 2.00. The van der Waals surface area contributed by atoms with Gasteiger partial charge in [0.25, 0.3) is 0 Å². The van der Waals surface area contributed by atoms with Crippen LogP contribution in [0.25, 0.3) is 10.9 Å². The fourth-order valence-corrected chi connectivity index (χ4v) is 7.74. The number of benzene rings is 1. The lowest BCUT2D eigenvalue weighted by molar-refractivity contribution is -0.136. The molecular formula is C21H27N3O3S. The number of carbonyl (C=O) groups excluding carboxylic acids is 1. The average molecular weight is 402 g/mol. The molecule has 0 bridgehead atoms. The van der Waals surface area contributed by atoms with Crippen molar-refractivity contribution >= 4 is 26.6 Å². The zero-order chi connectivity index (χ0) is 19.4. The van der Waals surface area contributed by atoms with E-state index >= 15 is 0 Å². The molecule has 3 aliphatic heterocycles. The number of carbonyl (C=O) groups is 1. The van der Waals surface area contributed by atoms with Crippen molar-refractivity contribution < 1.29 is 13.2 Å². The Hall–Kier alpha value is -1.86. The van der Waals surface area contributed by atoms with Crippen LogP contribution in [-0.4, -0.2) is 72.3 Å². The molecule has 6 nitrogen and oxygen atoms in total. The molecule has 1 unspecified atom stereocenters. The molecule has 1 aromatic heterocycles. The first-order valence-corrected chi connectivity index (χ1v) is 11.9. The molecule has 2 aromatic rings. The van der Waals surface area contributed by atoms with Crippen LogP contribution in [0.15, 0.2) is 30.5 Å². The molecular weight excluding hydrogens is 374 g/mol. The number of likely N-dealkylation sites (tertiary alicyclic amines) is 2. The molecule has 1 atom stereocenters. The second-order valence-corrected chi connectivity index (χ2v) is 11.1. The minimum absolute atomic E-state index is 0.0254. The van der Waals surface area contributed by atoms with Gasteiger partial charge in [-0.3, -0.25) is 4.79 Å². The van der Waals surface area contributed by atoms with Gasteiger partial charge in [0.2, 0.25) is 5.91 Å². The third-order valence-corrected chi connectivity index (χ3v) is 9.67. The molecule has 5 rings (SSSR count). The number of rotatable bonds is 4. The lowest BCUT2D eigenvalue weighted by atomic mass is 9.82. The second-order valence-electron chi connectivity index (χ2n) is 8.66. The van der Waals surface area contributed by atoms with Gasteiger partial charge in [0.15, 0.2) is 9.84 Å². The highest BCUT2D eigenvalue weighted by Gasteiger charge is 2.62. The molecule has 1 spiro atoms. The number of nitrogens with zero attached hydrogens (tertiary/aromatic N) is 2. The summed E-state index contributed by atoms with van der Waals surface area (Å²) in [6, 6.07) is 7.95. The molecule has 7 heteroatoms. The van der Waals surface area contributed by atoms with Crippen molar-refractivity contribution in [3.8, 4) is 0 Å². The van der Waals surface area contributed by atoms with Crippen LogP contribution in [0.3, 0.4) is 0 Å². The van der Waals surface area contributed by atoms with Crippen LogP contribution in [0.5, 0.6) is 0 Å². The first kappa shape index (κ1) is 18.2. The Balaban J connectivity index is 1.29. The monoisotopic (exact) mass is 401 g/mol. The van der Waals surface area contributed by atoms with Gasteiger partial charge in [0, 0.05) is 36.7 Å². The van der Waals surface area contributed by atoms with Crippen molar-refractivity contribution in [2.45, 2.75) is 30.4 Å². The van der Waals surface area contributed by atoms with E-state index in [0.29, 0.717) is 19.5 Å². The number of fused-ring (bicyclic) bond motifs is 1. The maximum atomic E-state index is 12.8. The van der Waals surface area contributed by atoms with Gasteiger partial charge >= 0.3 is 0 Å². The first-order valence-electron chi connectivity index (χ1n) is 10.3. The molecule has 1 N–H and O–H groups in total. The van der Waals surface area contributed by atoms with E-state index in [4.69, 9.17) is 0 Å². The Bertz CT molecular complexity index is 1000. The van der Waals surface area contributed by atoms with E-state index in [-0.39, 0.29) is 17.6 Å². The number of aromatic amines is 1. The Morgan fingerprint density at radius 2 is 1.93 bits per heavy atom. The molecule has 1 aromatic carbocycles. The van der Waals surface area contributed by atoms with Gasteiger partial charge in [-0.15, -0.1) is 0 Å². The van der Waals surface area contributed by atoms with E-state index < -0.39 is 14.6 Å². The Labute approximate surface area is 165 Å². The highest BCUT2D eigenvalue weighted by atomic mass is 32.2. The number of sulfone groups is 1. The van der Waals surface area contributed by atoms with Crippen LogP contribution in [0, 0.1) is 5.92 Å². The van der Waals surface area contributed by atoms with Gasteiger partial charge < -0.3 is 14.8 Å². The predicted octanol–water partition coefficient (Wildman–Crippen LogP) is 1.82. The zero-order valence-electron chi connectivity index (χ0n) is 16.1. The van der Waals surface area contributed by atoms with Crippen LogP contribution in [0.4, 0.5) is 0 Å². The van der Waals surface area contributed by atoms with E-state index in [1.165, 1.54) is 12.8 Å². The molecule has 3 fully saturated rings. The summed E-state index contributed by atoms with van der Waals surface area (Å²) in [4.78, 5) is 20.2. The molecule has 28 heavy (non-hydrogen) atoms. The van der Waals surface area contributed by atoms with Crippen molar-refractivity contribution in [2.75, 3.05) is 38.5 Å². The Kier molecular flexibility index (Phi) is 4.28. The van der Waals surface area contributed by atoms with Crippen LogP contribution < -0.4 is 0 Å². The summed E-state index contributed by atoms with van der Waals surface area (Å²) in [6.07, 6.45) is 5.37. The number of para-hydroxylation sites is 1. The molecule has 0 aliphatic carbocycles. The van der Waals surface area contributed by atoms with Crippen molar-refractivity contribution in [1.29, 1.82) is 0 Å². The van der Waals surface area contributed by atoms with Gasteiger partial charge in [0.1, 0.15) is 4.75 Å². The Morgan fingerprint density at radius 3 is 2.71 bits per heavy atom. The van der Waals surface area contributed by atoms with E-state index in [9.17, 15) is 13.2 Å². The second kappa shape index (κ2) is 6.59. The first-order chi connectivity index (χ1) is 13.5. The Morgan fingerprint density at radius 1 is 1.18 bits per heavy atom. The van der Waals surface area contributed by atoms with Crippen LogP contribution in [0.1, 0.15) is 24.8 Å². The summed E-state index contributed by atoms with van der Waals surface area (Å²) in [5.74, 6) is 0.459. The van der Waals surface area contributed by atoms with Gasteiger partial charge in [-0.2, -0.15) is 0 Å². The van der Waals surface area contributed by atoms with Crippen LogP contribution >= 0.6 is 0 Å². The molecule has 3 aliphatic rings. The predicted molar refractivity (Wildman–Crippen MR) is 109 cm³/mol. The topological polar surface area (TPSA) is 73.5 Å².